The van der Waals surface area contributed by atoms with Crippen molar-refractivity contribution >= 4 is 29.2 Å². The van der Waals surface area contributed by atoms with Crippen LogP contribution >= 0.6 is 11.8 Å². The van der Waals surface area contributed by atoms with Gasteiger partial charge in [0.1, 0.15) is 11.6 Å². The van der Waals surface area contributed by atoms with Crippen molar-refractivity contribution in [3.05, 3.63) is 62.4 Å². The lowest BCUT2D eigenvalue weighted by molar-refractivity contribution is -0.385. The fourth-order valence-electron chi connectivity index (χ4n) is 2.93. The first-order valence-corrected chi connectivity index (χ1v) is 8.93. The molecule has 1 unspecified atom stereocenters. The number of anilines is 1. The van der Waals surface area contributed by atoms with Crippen molar-refractivity contribution in [3.63, 3.8) is 0 Å². The van der Waals surface area contributed by atoms with Crippen molar-refractivity contribution in [3.8, 4) is 5.75 Å². The number of nitrogens with one attached hydrogen (secondary N) is 2. The minimum Gasteiger partial charge on any atom is -0.497 e. The highest BCUT2D eigenvalue weighted by Crippen LogP contribution is 2.39. The Morgan fingerprint density at radius 3 is 2.93 bits per heavy atom. The van der Waals surface area contributed by atoms with E-state index in [9.17, 15) is 19.7 Å². The van der Waals surface area contributed by atoms with E-state index in [1.54, 1.807) is 12.1 Å². The molecule has 1 aliphatic rings. The second-order valence-corrected chi connectivity index (χ2v) is 6.73. The van der Waals surface area contributed by atoms with Gasteiger partial charge in [-0.25, -0.2) is 4.98 Å². The summed E-state index contributed by atoms with van der Waals surface area (Å²) in [5, 5.41) is 14.4. The molecule has 0 radical (unpaired) electrons. The number of hydrogen-bond acceptors (Lipinski definition) is 7. The lowest BCUT2D eigenvalue weighted by Gasteiger charge is -2.24. The summed E-state index contributed by atoms with van der Waals surface area (Å²) < 4.78 is 5.04. The molecule has 3 rings (SSSR count). The van der Waals surface area contributed by atoms with E-state index in [1.807, 2.05) is 0 Å². The highest BCUT2D eigenvalue weighted by atomic mass is 32.2. The number of fused-ring (bicyclic) bond motifs is 1. The third kappa shape index (κ3) is 3.70. The van der Waals surface area contributed by atoms with Crippen molar-refractivity contribution in [1.29, 1.82) is 0 Å². The van der Waals surface area contributed by atoms with E-state index < -0.39 is 16.4 Å². The normalized spacial score (nSPS) is 15.6. The van der Waals surface area contributed by atoms with Gasteiger partial charge in [-0.2, -0.15) is 0 Å². The van der Waals surface area contributed by atoms with Gasteiger partial charge in [-0.1, -0.05) is 17.8 Å². The average Bonchev–Trinajstić information content (AvgIpc) is 2.64. The molecule has 0 spiro atoms. The minimum absolute atomic E-state index is 0.0932. The maximum Gasteiger partial charge on any atom is 0.276 e. The van der Waals surface area contributed by atoms with Crippen molar-refractivity contribution < 1.29 is 14.5 Å². The average molecular weight is 388 g/mol. The number of rotatable bonds is 6. The van der Waals surface area contributed by atoms with Gasteiger partial charge in [0.05, 0.1) is 23.7 Å². The van der Waals surface area contributed by atoms with Crippen LogP contribution in [-0.4, -0.2) is 33.7 Å². The third-order valence-corrected chi connectivity index (χ3v) is 4.95. The van der Waals surface area contributed by atoms with E-state index >= 15 is 0 Å². The van der Waals surface area contributed by atoms with Gasteiger partial charge in [-0.3, -0.25) is 19.7 Å². The first-order chi connectivity index (χ1) is 12.9. The fraction of sp³-hybridized carbons (Fsp3) is 0.235. The van der Waals surface area contributed by atoms with Crippen molar-refractivity contribution in [2.75, 3.05) is 18.2 Å². The summed E-state index contributed by atoms with van der Waals surface area (Å²) in [7, 11) is 1.40. The van der Waals surface area contributed by atoms with Gasteiger partial charge in [-0.05, 0) is 12.1 Å². The molecule has 0 saturated heterocycles. The molecule has 0 bridgehead atoms. The van der Waals surface area contributed by atoms with Gasteiger partial charge >= 0.3 is 0 Å². The van der Waals surface area contributed by atoms with Gasteiger partial charge in [0.2, 0.25) is 5.91 Å². The molecule has 0 saturated carbocycles. The number of nitro groups is 1. The number of amides is 1. The predicted octanol–water partition coefficient (Wildman–Crippen LogP) is 2.44. The second kappa shape index (κ2) is 7.62. The number of carbonyl (C=O) groups is 1. The SMILES string of the molecule is C=CCSc1nc2c(c(=O)[nH]1)C(c1ccc(OC)cc1[N+](=O)[O-])CC(=O)N2. The summed E-state index contributed by atoms with van der Waals surface area (Å²) in [4.78, 5) is 42.7. The van der Waals surface area contributed by atoms with E-state index in [4.69, 9.17) is 4.74 Å². The quantitative estimate of drug-likeness (QED) is 0.256. The first kappa shape index (κ1) is 18.6. The number of H-pyrrole nitrogens is 1. The Bertz CT molecular complexity index is 988. The monoisotopic (exact) mass is 388 g/mol. The van der Waals surface area contributed by atoms with Gasteiger partial charge in [0, 0.05) is 23.7 Å². The molecular weight excluding hydrogens is 372 g/mol. The lowest BCUT2D eigenvalue weighted by atomic mass is 9.86. The van der Waals surface area contributed by atoms with Crippen LogP contribution in [0.4, 0.5) is 11.5 Å². The predicted molar refractivity (Wildman–Crippen MR) is 101 cm³/mol. The van der Waals surface area contributed by atoms with Crippen LogP contribution in [0.3, 0.4) is 0 Å². The number of aromatic nitrogens is 2. The van der Waals surface area contributed by atoms with Crippen LogP contribution in [0.15, 0.2) is 40.8 Å². The Morgan fingerprint density at radius 2 is 2.26 bits per heavy atom. The Kier molecular flexibility index (Phi) is 5.26. The van der Waals surface area contributed by atoms with Crippen LogP contribution in [0.1, 0.15) is 23.5 Å². The molecule has 1 aromatic carbocycles. The Morgan fingerprint density at radius 1 is 1.48 bits per heavy atom. The number of benzene rings is 1. The molecule has 0 aliphatic carbocycles. The van der Waals surface area contributed by atoms with E-state index in [0.717, 1.165) is 0 Å². The van der Waals surface area contributed by atoms with Crippen LogP contribution < -0.4 is 15.6 Å². The van der Waals surface area contributed by atoms with Crippen LogP contribution in [0, 0.1) is 10.1 Å². The van der Waals surface area contributed by atoms with E-state index in [-0.39, 0.29) is 35.0 Å². The molecule has 27 heavy (non-hydrogen) atoms. The largest absolute Gasteiger partial charge is 0.497 e. The van der Waals surface area contributed by atoms with Crippen LogP contribution in [0.25, 0.3) is 0 Å². The standard InChI is InChI=1S/C17H16N4O5S/c1-3-6-27-17-19-15-14(16(23)20-17)11(8-13(22)18-15)10-5-4-9(26-2)7-12(10)21(24)25/h3-5,7,11H,1,6,8H2,2H3,(H2,18,19,20,22,23). The van der Waals surface area contributed by atoms with Gasteiger partial charge in [0.25, 0.3) is 11.2 Å². The molecule has 1 aromatic heterocycles. The zero-order valence-corrected chi connectivity index (χ0v) is 15.2. The van der Waals surface area contributed by atoms with Gasteiger partial charge in [0.15, 0.2) is 5.16 Å². The number of thioether (sulfide) groups is 1. The second-order valence-electron chi connectivity index (χ2n) is 5.72. The number of hydrogen-bond donors (Lipinski definition) is 2. The Balaban J connectivity index is 2.15. The number of methoxy groups -OCH3 is 1. The van der Waals surface area contributed by atoms with Crippen molar-refractivity contribution in [2.24, 2.45) is 0 Å². The minimum atomic E-state index is -0.783. The van der Waals surface area contributed by atoms with Crippen LogP contribution in [0.2, 0.25) is 0 Å². The number of carbonyl (C=O) groups excluding carboxylic acids is 1. The smallest absolute Gasteiger partial charge is 0.276 e. The van der Waals surface area contributed by atoms with E-state index in [2.05, 4.69) is 21.9 Å². The molecule has 2 heterocycles. The first-order valence-electron chi connectivity index (χ1n) is 7.94. The zero-order valence-electron chi connectivity index (χ0n) is 14.4. The Labute approximate surface area is 158 Å². The highest BCUT2D eigenvalue weighted by Gasteiger charge is 2.35. The third-order valence-electron chi connectivity index (χ3n) is 4.08. The van der Waals surface area contributed by atoms with Crippen molar-refractivity contribution in [1.82, 2.24) is 9.97 Å². The molecular formula is C17H16N4O5S. The van der Waals surface area contributed by atoms with E-state index in [1.165, 1.54) is 31.0 Å². The summed E-state index contributed by atoms with van der Waals surface area (Å²) in [5.74, 6) is -0.181. The summed E-state index contributed by atoms with van der Waals surface area (Å²) >= 11 is 1.26. The molecule has 1 aliphatic heterocycles. The van der Waals surface area contributed by atoms with Crippen LogP contribution in [-0.2, 0) is 4.79 Å². The molecule has 140 valence electrons. The highest BCUT2D eigenvalue weighted by molar-refractivity contribution is 7.99. The van der Waals surface area contributed by atoms with Crippen molar-refractivity contribution in [2.45, 2.75) is 17.5 Å². The molecule has 2 N–H and O–H groups in total. The topological polar surface area (TPSA) is 127 Å². The van der Waals surface area contributed by atoms with E-state index in [0.29, 0.717) is 16.7 Å². The molecule has 2 aromatic rings. The summed E-state index contributed by atoms with van der Waals surface area (Å²) in [5.41, 5.74) is -0.201. The van der Waals surface area contributed by atoms with Gasteiger partial charge in [-0.15, -0.1) is 6.58 Å². The zero-order chi connectivity index (χ0) is 19.6. The number of aromatic amines is 1. The molecule has 1 atom stereocenters. The number of nitrogens with zero attached hydrogens (tertiary/aromatic N) is 2. The molecule has 0 fully saturated rings. The Hall–Kier alpha value is -3.14. The number of ether oxygens (including phenoxy) is 1. The van der Waals surface area contributed by atoms with Crippen LogP contribution in [0.5, 0.6) is 5.75 Å². The lowest BCUT2D eigenvalue weighted by Crippen LogP contribution is -2.31. The summed E-state index contributed by atoms with van der Waals surface area (Å²) in [6.45, 7) is 3.61. The van der Waals surface area contributed by atoms with Gasteiger partial charge < -0.3 is 15.0 Å². The maximum absolute atomic E-state index is 12.7. The summed E-state index contributed by atoms with van der Waals surface area (Å²) in [6, 6.07) is 4.34. The molecule has 9 nitrogen and oxygen atoms in total. The molecule has 10 heteroatoms. The summed E-state index contributed by atoms with van der Waals surface area (Å²) in [6.07, 6.45) is 1.57. The number of nitro benzene ring substituents is 1. The molecule has 1 amide bonds. The maximum atomic E-state index is 12.7. The fourth-order valence-corrected chi connectivity index (χ4v) is 3.52.